The number of guanidine groups is 1. The van der Waals surface area contributed by atoms with Crippen LogP contribution in [0.4, 0.5) is 0 Å². The van der Waals surface area contributed by atoms with Crippen LogP contribution in [-0.4, -0.2) is 39.8 Å². The van der Waals surface area contributed by atoms with Gasteiger partial charge >= 0.3 is 0 Å². The first-order valence-electron chi connectivity index (χ1n) is 6.90. The highest BCUT2D eigenvalue weighted by molar-refractivity contribution is 14.0. The van der Waals surface area contributed by atoms with Crippen LogP contribution in [0.1, 0.15) is 10.4 Å². The minimum absolute atomic E-state index is 0. The van der Waals surface area contributed by atoms with Gasteiger partial charge in [0.25, 0.3) is 10.0 Å². The molecule has 6 nitrogen and oxygen atoms in total. The first-order valence-corrected chi connectivity index (χ1v) is 10.1. The molecule has 0 amide bonds. The lowest BCUT2D eigenvalue weighted by atomic mass is 10.3. The van der Waals surface area contributed by atoms with Crippen LogP contribution in [0.5, 0.6) is 0 Å². The third-order valence-corrected chi connectivity index (χ3v) is 7.17. The fourth-order valence-corrected chi connectivity index (χ4v) is 4.88. The van der Waals surface area contributed by atoms with Crippen LogP contribution < -0.4 is 10.6 Å². The molecule has 0 aliphatic heterocycles. The Morgan fingerprint density at radius 2 is 1.92 bits per heavy atom. The predicted molar refractivity (Wildman–Crippen MR) is 112 cm³/mol. The minimum atomic E-state index is -3.36. The van der Waals surface area contributed by atoms with Crippen LogP contribution in [0.2, 0.25) is 0 Å². The molecule has 0 aliphatic rings. The number of hydrogen-bond donors (Lipinski definition) is 2. The van der Waals surface area contributed by atoms with Crippen molar-refractivity contribution in [3.63, 3.8) is 0 Å². The van der Waals surface area contributed by atoms with E-state index in [0.29, 0.717) is 23.3 Å². The van der Waals surface area contributed by atoms with Crippen molar-refractivity contribution in [2.75, 3.05) is 21.1 Å². The molecule has 0 atom stereocenters. The Labute approximate surface area is 168 Å². The van der Waals surface area contributed by atoms with E-state index in [1.807, 2.05) is 11.4 Å². The number of rotatable bonds is 6. The maximum Gasteiger partial charge on any atom is 0.252 e. The van der Waals surface area contributed by atoms with Gasteiger partial charge in [-0.05, 0) is 34.5 Å². The van der Waals surface area contributed by atoms with Crippen LogP contribution in [-0.2, 0) is 23.1 Å². The van der Waals surface area contributed by atoms with Gasteiger partial charge in [-0.15, -0.1) is 35.3 Å². The average Bonchev–Trinajstić information content (AvgIpc) is 3.18. The zero-order chi connectivity index (χ0) is 16.9. The average molecular weight is 500 g/mol. The molecule has 0 spiro atoms. The van der Waals surface area contributed by atoms with Crippen molar-refractivity contribution < 1.29 is 8.42 Å². The molecule has 0 bridgehead atoms. The van der Waals surface area contributed by atoms with Crippen molar-refractivity contribution in [1.82, 2.24) is 14.9 Å². The molecule has 0 fully saturated rings. The molecule has 2 rings (SSSR count). The summed E-state index contributed by atoms with van der Waals surface area (Å²) in [6, 6.07) is 5.52. The van der Waals surface area contributed by atoms with Crippen LogP contribution in [0.3, 0.4) is 0 Å². The number of halogens is 1. The van der Waals surface area contributed by atoms with Crippen molar-refractivity contribution in [1.29, 1.82) is 0 Å². The number of nitrogens with zero attached hydrogens (tertiary/aromatic N) is 2. The van der Waals surface area contributed by atoms with Gasteiger partial charge in [-0.3, -0.25) is 4.99 Å². The normalized spacial score (nSPS) is 12.1. The Balaban J connectivity index is 0.00000288. The zero-order valence-electron chi connectivity index (χ0n) is 13.6. The molecule has 0 aromatic carbocycles. The van der Waals surface area contributed by atoms with Crippen LogP contribution in [0, 0.1) is 0 Å². The third kappa shape index (κ3) is 5.69. The topological polar surface area (TPSA) is 73.8 Å². The van der Waals surface area contributed by atoms with Gasteiger partial charge < -0.3 is 10.6 Å². The molecule has 0 radical (unpaired) electrons. The molecule has 24 heavy (non-hydrogen) atoms. The van der Waals surface area contributed by atoms with Gasteiger partial charge in [0.05, 0.1) is 6.54 Å². The van der Waals surface area contributed by atoms with Crippen molar-refractivity contribution in [3.8, 4) is 0 Å². The summed E-state index contributed by atoms with van der Waals surface area (Å²) in [7, 11) is 1.41. The van der Waals surface area contributed by atoms with Gasteiger partial charge in [0, 0.05) is 32.6 Å². The summed E-state index contributed by atoms with van der Waals surface area (Å²) in [4.78, 5) is 5.10. The molecule has 2 aromatic rings. The van der Waals surface area contributed by atoms with E-state index in [-0.39, 0.29) is 24.0 Å². The SMILES string of the molecule is CN=C(NCc1ccsc1)NCc1ccc(S(=O)(=O)N(C)C)s1.I. The first kappa shape index (κ1) is 21.4. The Morgan fingerprint density at radius 1 is 1.21 bits per heavy atom. The van der Waals surface area contributed by atoms with Gasteiger partial charge in [0.1, 0.15) is 4.21 Å². The third-order valence-electron chi connectivity index (χ3n) is 3.07. The summed E-state index contributed by atoms with van der Waals surface area (Å²) < 4.78 is 25.7. The Kier molecular flexibility index (Phi) is 8.63. The maximum absolute atomic E-state index is 12.1. The second-order valence-electron chi connectivity index (χ2n) is 4.92. The van der Waals surface area contributed by atoms with Gasteiger partial charge in [-0.1, -0.05) is 0 Å². The number of hydrogen-bond acceptors (Lipinski definition) is 5. The first-order chi connectivity index (χ1) is 10.9. The highest BCUT2D eigenvalue weighted by Gasteiger charge is 2.19. The van der Waals surface area contributed by atoms with Crippen LogP contribution in [0.25, 0.3) is 0 Å². The molecule has 2 N–H and O–H groups in total. The van der Waals surface area contributed by atoms with E-state index in [4.69, 9.17) is 0 Å². The quantitative estimate of drug-likeness (QED) is 0.363. The van der Waals surface area contributed by atoms with E-state index in [1.54, 1.807) is 24.5 Å². The highest BCUT2D eigenvalue weighted by Crippen LogP contribution is 2.23. The van der Waals surface area contributed by atoms with Crippen LogP contribution in [0.15, 0.2) is 38.2 Å². The van der Waals surface area contributed by atoms with E-state index in [0.717, 1.165) is 4.88 Å². The summed E-state index contributed by atoms with van der Waals surface area (Å²) in [5.74, 6) is 0.682. The summed E-state index contributed by atoms with van der Waals surface area (Å²) >= 11 is 2.92. The molecule has 0 saturated carbocycles. The number of sulfonamides is 1. The van der Waals surface area contributed by atoms with Crippen molar-refractivity contribution in [2.45, 2.75) is 17.3 Å². The summed E-state index contributed by atoms with van der Waals surface area (Å²) in [5.41, 5.74) is 1.20. The Bertz CT molecular complexity index is 755. The smallest absolute Gasteiger partial charge is 0.252 e. The largest absolute Gasteiger partial charge is 0.352 e. The number of thiophene rings is 2. The standard InChI is InChI=1S/C14H20N4O2S3.HI/c1-15-14(16-8-11-6-7-21-10-11)17-9-12-4-5-13(22-12)23(19,20)18(2)3;/h4-7,10H,8-9H2,1-3H3,(H2,15,16,17);1H. The second kappa shape index (κ2) is 9.70. The van der Waals surface area contributed by atoms with Crippen molar-refractivity contribution >= 4 is 62.6 Å². The molecular weight excluding hydrogens is 479 g/mol. The molecule has 0 unspecified atom stereocenters. The monoisotopic (exact) mass is 500 g/mol. The predicted octanol–water partition coefficient (Wildman–Crippen LogP) is 2.54. The fraction of sp³-hybridized carbons (Fsp3) is 0.357. The maximum atomic E-state index is 12.1. The lowest BCUT2D eigenvalue weighted by Gasteiger charge is -2.10. The highest BCUT2D eigenvalue weighted by atomic mass is 127. The van der Waals surface area contributed by atoms with E-state index >= 15 is 0 Å². The molecule has 10 heteroatoms. The fourth-order valence-electron chi connectivity index (χ4n) is 1.74. The van der Waals surface area contributed by atoms with Crippen molar-refractivity contribution in [3.05, 3.63) is 39.4 Å². The molecular formula is C14H21IN4O2S3. The summed E-state index contributed by atoms with van der Waals surface area (Å²) in [6.07, 6.45) is 0. The molecule has 0 saturated heterocycles. The number of nitrogens with one attached hydrogen (secondary N) is 2. The lowest BCUT2D eigenvalue weighted by Crippen LogP contribution is -2.36. The van der Waals surface area contributed by atoms with Crippen molar-refractivity contribution in [2.24, 2.45) is 4.99 Å². The van der Waals surface area contributed by atoms with E-state index in [2.05, 4.69) is 27.1 Å². The van der Waals surface area contributed by atoms with E-state index < -0.39 is 10.0 Å². The molecule has 2 aromatic heterocycles. The second-order valence-corrected chi connectivity index (χ2v) is 9.25. The van der Waals surface area contributed by atoms with Gasteiger partial charge in [0.2, 0.25) is 0 Å². The van der Waals surface area contributed by atoms with Gasteiger partial charge in [-0.25, -0.2) is 12.7 Å². The van der Waals surface area contributed by atoms with E-state index in [9.17, 15) is 8.42 Å². The molecule has 0 aliphatic carbocycles. The van der Waals surface area contributed by atoms with Gasteiger partial charge in [-0.2, -0.15) is 11.3 Å². The minimum Gasteiger partial charge on any atom is -0.352 e. The summed E-state index contributed by atoms with van der Waals surface area (Å²) in [6.45, 7) is 1.23. The summed E-state index contributed by atoms with van der Waals surface area (Å²) in [5, 5.41) is 10.5. The van der Waals surface area contributed by atoms with Gasteiger partial charge in [0.15, 0.2) is 5.96 Å². The number of aliphatic imine (C=N–C) groups is 1. The van der Waals surface area contributed by atoms with Crippen LogP contribution >= 0.6 is 46.7 Å². The molecule has 2 heterocycles. The Morgan fingerprint density at radius 3 is 2.50 bits per heavy atom. The zero-order valence-corrected chi connectivity index (χ0v) is 18.4. The molecule has 134 valence electrons. The van der Waals surface area contributed by atoms with E-state index in [1.165, 1.54) is 35.3 Å². The lowest BCUT2D eigenvalue weighted by molar-refractivity contribution is 0.523. The Hall–Kier alpha value is -0.690.